The minimum Gasteiger partial charge on any atom is -0.343 e. The van der Waals surface area contributed by atoms with Gasteiger partial charge in [0.15, 0.2) is 0 Å². The first-order valence-corrected chi connectivity index (χ1v) is 6.68. The van der Waals surface area contributed by atoms with E-state index in [0.717, 1.165) is 27.5 Å². The largest absolute Gasteiger partial charge is 0.343 e. The molecule has 0 spiro atoms. The van der Waals surface area contributed by atoms with E-state index in [1.165, 1.54) is 11.5 Å². The fourth-order valence-corrected chi connectivity index (χ4v) is 2.78. The third-order valence-corrected chi connectivity index (χ3v) is 3.87. The van der Waals surface area contributed by atoms with E-state index in [1.54, 1.807) is 18.5 Å². The van der Waals surface area contributed by atoms with Crippen LogP contribution in [-0.2, 0) is 7.05 Å². The van der Waals surface area contributed by atoms with Gasteiger partial charge in [-0.2, -0.15) is 4.39 Å². The van der Waals surface area contributed by atoms with Crippen LogP contribution in [0.25, 0.3) is 32.9 Å². The van der Waals surface area contributed by atoms with E-state index in [4.69, 9.17) is 0 Å². The molecule has 0 atom stereocenters. The molecule has 0 fully saturated rings. The van der Waals surface area contributed by atoms with Crippen molar-refractivity contribution >= 4 is 21.8 Å². The van der Waals surface area contributed by atoms with Crippen molar-refractivity contribution in [1.29, 1.82) is 0 Å². The maximum atomic E-state index is 12.9. The van der Waals surface area contributed by atoms with Gasteiger partial charge < -0.3 is 4.57 Å². The van der Waals surface area contributed by atoms with Crippen molar-refractivity contribution in [3.05, 3.63) is 60.9 Å². The zero-order valence-corrected chi connectivity index (χ0v) is 11.4. The third kappa shape index (κ3) is 1.80. The molecule has 0 aliphatic rings. The summed E-state index contributed by atoms with van der Waals surface area (Å²) in [5, 5.41) is 2.30. The van der Waals surface area contributed by atoms with E-state index in [-0.39, 0.29) is 0 Å². The van der Waals surface area contributed by atoms with Gasteiger partial charge in [0.2, 0.25) is 5.95 Å². The molecule has 3 nitrogen and oxygen atoms in total. The van der Waals surface area contributed by atoms with Gasteiger partial charge in [-0.05, 0) is 29.8 Å². The molecule has 0 amide bonds. The SMILES string of the molecule is Cn1c2ccncc2c2ccc(-c3ccc(F)nc3)cc21. The van der Waals surface area contributed by atoms with Gasteiger partial charge in [-0.15, -0.1) is 0 Å². The number of halogens is 1. The first kappa shape index (κ1) is 12.0. The molecule has 4 rings (SSSR count). The summed E-state index contributed by atoms with van der Waals surface area (Å²) >= 11 is 0. The lowest BCUT2D eigenvalue weighted by Crippen LogP contribution is -1.88. The zero-order chi connectivity index (χ0) is 14.4. The highest BCUT2D eigenvalue weighted by atomic mass is 19.1. The molecule has 0 saturated carbocycles. The van der Waals surface area contributed by atoms with Gasteiger partial charge in [0.1, 0.15) is 0 Å². The standard InChI is InChI=1S/C17H12FN3/c1-21-15-6-7-19-10-14(15)13-4-2-11(8-16(13)21)12-3-5-17(18)20-9-12/h2-10H,1H3. The van der Waals surface area contributed by atoms with Gasteiger partial charge in [0.05, 0.1) is 5.52 Å². The van der Waals surface area contributed by atoms with Crippen molar-refractivity contribution in [2.75, 3.05) is 0 Å². The van der Waals surface area contributed by atoms with Crippen molar-refractivity contribution in [3.8, 4) is 11.1 Å². The smallest absolute Gasteiger partial charge is 0.212 e. The number of rotatable bonds is 1. The molecule has 0 bridgehead atoms. The average molecular weight is 277 g/mol. The van der Waals surface area contributed by atoms with Crippen molar-refractivity contribution in [2.45, 2.75) is 0 Å². The zero-order valence-electron chi connectivity index (χ0n) is 11.4. The predicted molar refractivity (Wildman–Crippen MR) is 81.4 cm³/mol. The fraction of sp³-hybridized carbons (Fsp3) is 0.0588. The van der Waals surface area contributed by atoms with E-state index >= 15 is 0 Å². The van der Waals surface area contributed by atoms with Gasteiger partial charge >= 0.3 is 0 Å². The quantitative estimate of drug-likeness (QED) is 0.494. The Kier molecular flexibility index (Phi) is 2.51. The molecule has 3 aromatic heterocycles. The molecule has 4 heteroatoms. The summed E-state index contributed by atoms with van der Waals surface area (Å²) in [7, 11) is 2.04. The molecule has 0 N–H and O–H groups in total. The number of pyridine rings is 2. The van der Waals surface area contributed by atoms with Crippen molar-refractivity contribution in [2.24, 2.45) is 7.05 Å². The molecule has 3 heterocycles. The van der Waals surface area contributed by atoms with E-state index in [9.17, 15) is 4.39 Å². The summed E-state index contributed by atoms with van der Waals surface area (Å²) in [4.78, 5) is 7.92. The lowest BCUT2D eigenvalue weighted by Gasteiger charge is -2.03. The van der Waals surface area contributed by atoms with E-state index in [2.05, 4.69) is 26.7 Å². The maximum Gasteiger partial charge on any atom is 0.212 e. The Bertz CT molecular complexity index is 955. The van der Waals surface area contributed by atoms with Crippen LogP contribution in [0.4, 0.5) is 4.39 Å². The fourth-order valence-electron chi connectivity index (χ4n) is 2.78. The van der Waals surface area contributed by atoms with Crippen LogP contribution in [0.2, 0.25) is 0 Å². The van der Waals surface area contributed by atoms with E-state index < -0.39 is 5.95 Å². The number of aromatic nitrogens is 3. The van der Waals surface area contributed by atoms with Crippen LogP contribution in [0.5, 0.6) is 0 Å². The molecule has 0 saturated heterocycles. The molecule has 102 valence electrons. The molecule has 4 aromatic rings. The minimum absolute atomic E-state index is 0.462. The Labute approximate surface area is 120 Å². The molecule has 0 radical (unpaired) electrons. The number of fused-ring (bicyclic) bond motifs is 3. The van der Waals surface area contributed by atoms with Gasteiger partial charge in [-0.1, -0.05) is 12.1 Å². The lowest BCUT2D eigenvalue weighted by molar-refractivity contribution is 0.584. The Balaban J connectivity index is 2.00. The number of aryl methyl sites for hydroxylation is 1. The molecule has 0 unspecified atom stereocenters. The highest BCUT2D eigenvalue weighted by Crippen LogP contribution is 2.30. The van der Waals surface area contributed by atoms with Crippen molar-refractivity contribution in [1.82, 2.24) is 14.5 Å². The monoisotopic (exact) mass is 277 g/mol. The van der Waals surface area contributed by atoms with E-state index in [1.807, 2.05) is 25.4 Å². The number of nitrogens with zero attached hydrogens (tertiary/aromatic N) is 3. The second kappa shape index (κ2) is 4.38. The summed E-state index contributed by atoms with van der Waals surface area (Å²) in [6.07, 6.45) is 5.24. The van der Waals surface area contributed by atoms with Crippen LogP contribution >= 0.6 is 0 Å². The van der Waals surface area contributed by atoms with Gasteiger partial charge in [-0.25, -0.2) is 4.98 Å². The molecular weight excluding hydrogens is 265 g/mol. The first-order chi connectivity index (χ1) is 10.2. The van der Waals surface area contributed by atoms with Crippen molar-refractivity contribution < 1.29 is 4.39 Å². The summed E-state index contributed by atoms with van der Waals surface area (Å²) < 4.78 is 15.1. The Morgan fingerprint density at radius 3 is 2.57 bits per heavy atom. The van der Waals surface area contributed by atoms with Gasteiger partial charge in [0.25, 0.3) is 0 Å². The first-order valence-electron chi connectivity index (χ1n) is 6.68. The summed E-state index contributed by atoms with van der Waals surface area (Å²) in [5.41, 5.74) is 4.20. The normalized spacial score (nSPS) is 11.3. The topological polar surface area (TPSA) is 30.7 Å². The Morgan fingerprint density at radius 2 is 1.76 bits per heavy atom. The van der Waals surface area contributed by atoms with Gasteiger partial charge in [-0.3, -0.25) is 4.98 Å². The van der Waals surface area contributed by atoms with Crippen LogP contribution in [0, 0.1) is 5.95 Å². The molecule has 0 aliphatic heterocycles. The summed E-state index contributed by atoms with van der Waals surface area (Å²) in [6, 6.07) is 11.3. The highest BCUT2D eigenvalue weighted by molar-refractivity contribution is 6.08. The highest BCUT2D eigenvalue weighted by Gasteiger charge is 2.09. The lowest BCUT2D eigenvalue weighted by atomic mass is 10.1. The second-order valence-corrected chi connectivity index (χ2v) is 5.05. The van der Waals surface area contributed by atoms with E-state index in [0.29, 0.717) is 0 Å². The van der Waals surface area contributed by atoms with Crippen LogP contribution in [0.15, 0.2) is 55.0 Å². The van der Waals surface area contributed by atoms with Gasteiger partial charge in [0, 0.05) is 47.5 Å². The molecule has 1 aromatic carbocycles. The molecule has 21 heavy (non-hydrogen) atoms. The van der Waals surface area contributed by atoms with Crippen molar-refractivity contribution in [3.63, 3.8) is 0 Å². The Hall–Kier alpha value is -2.75. The molecule has 0 aliphatic carbocycles. The Morgan fingerprint density at radius 1 is 0.905 bits per heavy atom. The van der Waals surface area contributed by atoms with Crippen LogP contribution in [0.1, 0.15) is 0 Å². The van der Waals surface area contributed by atoms with Crippen LogP contribution in [0.3, 0.4) is 0 Å². The van der Waals surface area contributed by atoms with Crippen LogP contribution < -0.4 is 0 Å². The second-order valence-electron chi connectivity index (χ2n) is 5.05. The minimum atomic E-state index is -0.462. The summed E-state index contributed by atoms with van der Waals surface area (Å²) in [5.74, 6) is -0.462. The maximum absolute atomic E-state index is 12.9. The van der Waals surface area contributed by atoms with Crippen LogP contribution in [-0.4, -0.2) is 14.5 Å². The number of hydrogen-bond acceptors (Lipinski definition) is 2. The number of benzene rings is 1. The average Bonchev–Trinajstić information content (AvgIpc) is 2.81. The predicted octanol–water partition coefficient (Wildman–Crippen LogP) is 3.93. The number of hydrogen-bond donors (Lipinski definition) is 0. The summed E-state index contributed by atoms with van der Waals surface area (Å²) in [6.45, 7) is 0. The molecular formula is C17H12FN3. The third-order valence-electron chi connectivity index (χ3n) is 3.87.